The third-order valence-electron chi connectivity index (χ3n) is 1.62. The molecule has 0 fully saturated rings. The lowest BCUT2D eigenvalue weighted by molar-refractivity contribution is -0.141. The number of ether oxygens (including phenoxy) is 1. The van der Waals surface area contributed by atoms with Crippen LogP contribution in [-0.4, -0.2) is 34.3 Å². The van der Waals surface area contributed by atoms with Gasteiger partial charge in [-0.1, -0.05) is 0 Å². The number of carbonyl (C=O) groups is 1. The highest BCUT2D eigenvalue weighted by Gasteiger charge is 2.14. The van der Waals surface area contributed by atoms with Crippen LogP contribution in [0, 0.1) is 4.77 Å². The van der Waals surface area contributed by atoms with E-state index in [9.17, 15) is 9.59 Å². The van der Waals surface area contributed by atoms with Gasteiger partial charge in [-0.2, -0.15) is 0 Å². The van der Waals surface area contributed by atoms with Crippen LogP contribution in [0.2, 0.25) is 0 Å². The lowest BCUT2D eigenvalue weighted by Gasteiger charge is -2.10. The fourth-order valence-electron chi connectivity index (χ4n) is 0.886. The van der Waals surface area contributed by atoms with Crippen molar-refractivity contribution >= 4 is 24.0 Å². The fourth-order valence-corrected chi connectivity index (χ4v) is 1.02. The van der Waals surface area contributed by atoms with Crippen LogP contribution < -0.4 is 10.9 Å². The normalized spacial score (nSPS) is 11.9. The van der Waals surface area contributed by atoms with Crippen molar-refractivity contribution in [3.63, 3.8) is 0 Å². The molecule has 1 atom stereocenters. The average Bonchev–Trinajstić information content (AvgIpc) is 2.20. The van der Waals surface area contributed by atoms with E-state index in [4.69, 9.17) is 0 Å². The Hall–Kier alpha value is -1.70. The molecule has 0 saturated carbocycles. The lowest BCUT2D eigenvalue weighted by Crippen LogP contribution is -2.31. The molecule has 1 rings (SSSR count). The van der Waals surface area contributed by atoms with Crippen molar-refractivity contribution < 1.29 is 9.53 Å². The summed E-state index contributed by atoms with van der Waals surface area (Å²) in [6.07, 6.45) is 0. The highest BCUT2D eigenvalue weighted by atomic mass is 32.1. The van der Waals surface area contributed by atoms with Gasteiger partial charge >= 0.3 is 5.97 Å². The maximum Gasteiger partial charge on any atom is 0.328 e. The van der Waals surface area contributed by atoms with Gasteiger partial charge in [-0.05, 0) is 19.1 Å². The number of nitrogens with zero attached hydrogens (tertiary/aromatic N) is 1. The van der Waals surface area contributed by atoms with Crippen LogP contribution in [0.5, 0.6) is 0 Å². The second-order valence-electron chi connectivity index (χ2n) is 2.74. The van der Waals surface area contributed by atoms with E-state index in [1.54, 1.807) is 6.92 Å². The van der Waals surface area contributed by atoms with E-state index in [-0.39, 0.29) is 10.6 Å². The van der Waals surface area contributed by atoms with Gasteiger partial charge in [-0.3, -0.25) is 14.9 Å². The summed E-state index contributed by atoms with van der Waals surface area (Å²) in [5.41, 5.74) is -0.491. The minimum Gasteiger partial charge on any atom is -0.467 e. The Morgan fingerprint density at radius 3 is 2.87 bits per heavy atom. The topological polar surface area (TPSA) is 99.9 Å². The molecule has 82 valence electrons. The van der Waals surface area contributed by atoms with Crippen LogP contribution >= 0.6 is 12.2 Å². The van der Waals surface area contributed by atoms with Gasteiger partial charge in [0.05, 0.1) is 7.11 Å². The molecule has 7 nitrogen and oxygen atoms in total. The Bertz CT molecular complexity index is 466. The van der Waals surface area contributed by atoms with Gasteiger partial charge in [0.2, 0.25) is 5.82 Å². The number of esters is 1. The zero-order chi connectivity index (χ0) is 11.4. The minimum absolute atomic E-state index is 0.0125. The van der Waals surface area contributed by atoms with Crippen molar-refractivity contribution in [3.8, 4) is 0 Å². The number of hydrogen-bond donors (Lipinski definition) is 3. The highest BCUT2D eigenvalue weighted by Crippen LogP contribution is 1.95. The molecule has 15 heavy (non-hydrogen) atoms. The van der Waals surface area contributed by atoms with Gasteiger partial charge in [-0.15, -0.1) is 5.10 Å². The number of aromatic nitrogens is 3. The SMILES string of the molecule is COC(=O)[C@H](C)Nc1n[nH]c(=S)[nH]c1=O. The molecule has 0 amide bonds. The molecule has 8 heteroatoms. The van der Waals surface area contributed by atoms with E-state index in [2.05, 4.69) is 37.5 Å². The number of carbonyl (C=O) groups excluding carboxylic acids is 1. The van der Waals surface area contributed by atoms with Crippen molar-refractivity contribution in [3.05, 3.63) is 15.1 Å². The van der Waals surface area contributed by atoms with Crippen molar-refractivity contribution in [1.29, 1.82) is 0 Å². The third kappa shape index (κ3) is 2.88. The Morgan fingerprint density at radius 1 is 1.67 bits per heavy atom. The van der Waals surface area contributed by atoms with E-state index < -0.39 is 17.6 Å². The smallest absolute Gasteiger partial charge is 0.328 e. The van der Waals surface area contributed by atoms with Crippen LogP contribution in [-0.2, 0) is 9.53 Å². The van der Waals surface area contributed by atoms with Crippen LogP contribution in [0.4, 0.5) is 5.82 Å². The maximum atomic E-state index is 11.3. The molecule has 0 saturated heterocycles. The second-order valence-corrected chi connectivity index (χ2v) is 3.15. The summed E-state index contributed by atoms with van der Waals surface area (Å²) in [4.78, 5) is 24.6. The predicted octanol–water partition coefficient (Wildman–Crippen LogP) is -0.199. The lowest BCUT2D eigenvalue weighted by atomic mass is 10.3. The zero-order valence-electron chi connectivity index (χ0n) is 8.16. The van der Waals surface area contributed by atoms with Gasteiger partial charge in [-0.25, -0.2) is 4.79 Å². The predicted molar refractivity (Wildman–Crippen MR) is 55.1 cm³/mol. The summed E-state index contributed by atoms with van der Waals surface area (Å²) < 4.78 is 4.60. The molecule has 1 heterocycles. The first-order valence-corrected chi connectivity index (χ1v) is 4.48. The molecular weight excluding hydrogens is 220 g/mol. The van der Waals surface area contributed by atoms with Gasteiger partial charge in [0.15, 0.2) is 4.77 Å². The number of aromatic amines is 2. The second kappa shape index (κ2) is 4.69. The Balaban J connectivity index is 2.86. The number of rotatable bonds is 3. The Labute approximate surface area is 89.9 Å². The quantitative estimate of drug-likeness (QED) is 0.491. The first-order chi connectivity index (χ1) is 7.04. The molecule has 0 spiro atoms. The van der Waals surface area contributed by atoms with Crippen molar-refractivity contribution in [2.45, 2.75) is 13.0 Å². The van der Waals surface area contributed by atoms with Gasteiger partial charge in [0.25, 0.3) is 5.56 Å². The maximum absolute atomic E-state index is 11.3. The van der Waals surface area contributed by atoms with E-state index >= 15 is 0 Å². The van der Waals surface area contributed by atoms with E-state index in [0.717, 1.165) is 0 Å². The molecule has 0 aromatic carbocycles. The van der Waals surface area contributed by atoms with E-state index in [1.165, 1.54) is 7.11 Å². The van der Waals surface area contributed by atoms with Crippen molar-refractivity contribution in [2.75, 3.05) is 12.4 Å². The summed E-state index contributed by atoms with van der Waals surface area (Å²) in [7, 11) is 1.26. The largest absolute Gasteiger partial charge is 0.467 e. The first-order valence-electron chi connectivity index (χ1n) is 4.08. The summed E-state index contributed by atoms with van der Waals surface area (Å²) in [5, 5.41) is 8.62. The molecule has 0 bridgehead atoms. The molecule has 0 aliphatic rings. The molecule has 1 aromatic heterocycles. The number of anilines is 1. The zero-order valence-corrected chi connectivity index (χ0v) is 8.97. The van der Waals surface area contributed by atoms with Crippen molar-refractivity contribution in [2.24, 2.45) is 0 Å². The molecular formula is C7H10N4O3S. The van der Waals surface area contributed by atoms with Gasteiger partial charge < -0.3 is 10.1 Å². The van der Waals surface area contributed by atoms with Crippen LogP contribution in [0.3, 0.4) is 0 Å². The van der Waals surface area contributed by atoms with Crippen LogP contribution in [0.25, 0.3) is 0 Å². The van der Waals surface area contributed by atoms with E-state index in [0.29, 0.717) is 0 Å². The molecule has 0 aliphatic carbocycles. The molecule has 3 N–H and O–H groups in total. The molecule has 0 radical (unpaired) electrons. The number of H-pyrrole nitrogens is 2. The van der Waals surface area contributed by atoms with Crippen LogP contribution in [0.1, 0.15) is 6.92 Å². The Kier molecular flexibility index (Phi) is 3.56. The fraction of sp³-hybridized carbons (Fsp3) is 0.429. The molecule has 0 aliphatic heterocycles. The molecule has 0 unspecified atom stereocenters. The Morgan fingerprint density at radius 2 is 2.33 bits per heavy atom. The number of nitrogens with one attached hydrogen (secondary N) is 3. The first kappa shape index (κ1) is 11.4. The van der Waals surface area contributed by atoms with Gasteiger partial charge in [0.1, 0.15) is 6.04 Å². The summed E-state index contributed by atoms with van der Waals surface area (Å²) in [6, 6.07) is -0.659. The minimum atomic E-state index is -0.659. The van der Waals surface area contributed by atoms with Crippen LogP contribution in [0.15, 0.2) is 4.79 Å². The third-order valence-corrected chi connectivity index (χ3v) is 1.81. The van der Waals surface area contributed by atoms with Gasteiger partial charge in [0, 0.05) is 0 Å². The highest BCUT2D eigenvalue weighted by molar-refractivity contribution is 7.71. The average molecular weight is 230 g/mol. The summed E-state index contributed by atoms with van der Waals surface area (Å²) in [5.74, 6) is -0.500. The monoisotopic (exact) mass is 230 g/mol. The number of methoxy groups -OCH3 is 1. The molecule has 1 aromatic rings. The standard InChI is InChI=1S/C7H10N4O3S/c1-3(6(13)14-2)8-4-5(12)9-7(15)11-10-4/h3H,1-2H3,(H,8,10)(H2,9,11,12,15)/t3-/m0/s1. The number of hydrogen-bond acceptors (Lipinski definition) is 6. The van der Waals surface area contributed by atoms with E-state index in [1.807, 2.05) is 0 Å². The van der Waals surface area contributed by atoms with Crippen molar-refractivity contribution in [1.82, 2.24) is 15.2 Å². The summed E-state index contributed by atoms with van der Waals surface area (Å²) >= 11 is 4.65. The summed E-state index contributed by atoms with van der Waals surface area (Å²) in [6.45, 7) is 1.55.